The summed E-state index contributed by atoms with van der Waals surface area (Å²) in [5, 5.41) is 0. The van der Waals surface area contributed by atoms with Gasteiger partial charge in [0.25, 0.3) is 0 Å². The molecule has 0 fully saturated rings. The van der Waals surface area contributed by atoms with Crippen molar-refractivity contribution < 1.29 is 17.6 Å². The van der Waals surface area contributed by atoms with Crippen molar-refractivity contribution in [3.05, 3.63) is 35.1 Å². The van der Waals surface area contributed by atoms with Crippen molar-refractivity contribution in [1.29, 1.82) is 0 Å². The topological polar surface area (TPSA) is 26.0 Å². The van der Waals surface area contributed by atoms with Crippen LogP contribution in [0.2, 0.25) is 0 Å². The zero-order chi connectivity index (χ0) is 12.3. The number of alkyl halides is 3. The van der Waals surface area contributed by atoms with Gasteiger partial charge in [0.2, 0.25) is 0 Å². The van der Waals surface area contributed by atoms with E-state index < -0.39 is 17.6 Å². The molecule has 16 heavy (non-hydrogen) atoms. The smallest absolute Gasteiger partial charge is 0.328 e. The molecule has 0 spiro atoms. The SMILES string of the molecule is C[C@H](N)CCc1cc(C(F)(F)F)ccc1F. The quantitative estimate of drug-likeness (QED) is 0.800. The average molecular weight is 235 g/mol. The fourth-order valence-electron chi connectivity index (χ4n) is 1.33. The highest BCUT2D eigenvalue weighted by Crippen LogP contribution is 2.30. The van der Waals surface area contributed by atoms with Crippen LogP contribution in [-0.2, 0) is 12.6 Å². The first-order valence-electron chi connectivity index (χ1n) is 4.92. The van der Waals surface area contributed by atoms with E-state index in [2.05, 4.69) is 0 Å². The Bertz CT molecular complexity index is 357. The number of aryl methyl sites for hydroxylation is 1. The maximum atomic E-state index is 13.2. The first-order chi connectivity index (χ1) is 7.30. The van der Waals surface area contributed by atoms with E-state index in [4.69, 9.17) is 5.73 Å². The zero-order valence-corrected chi connectivity index (χ0v) is 8.81. The second-order valence-electron chi connectivity index (χ2n) is 3.82. The molecule has 0 heterocycles. The van der Waals surface area contributed by atoms with Crippen LogP contribution in [0.15, 0.2) is 18.2 Å². The lowest BCUT2D eigenvalue weighted by atomic mass is 10.0. The first kappa shape index (κ1) is 13.0. The van der Waals surface area contributed by atoms with E-state index in [0.717, 1.165) is 18.2 Å². The van der Waals surface area contributed by atoms with Gasteiger partial charge >= 0.3 is 6.18 Å². The Morgan fingerprint density at radius 1 is 1.31 bits per heavy atom. The minimum absolute atomic E-state index is 0.0622. The Kier molecular flexibility index (Phi) is 3.91. The van der Waals surface area contributed by atoms with Crippen LogP contribution in [0, 0.1) is 5.82 Å². The number of hydrogen-bond donors (Lipinski definition) is 1. The molecule has 1 aromatic rings. The summed E-state index contributed by atoms with van der Waals surface area (Å²) >= 11 is 0. The maximum absolute atomic E-state index is 13.2. The van der Waals surface area contributed by atoms with Crippen LogP contribution in [-0.4, -0.2) is 6.04 Å². The van der Waals surface area contributed by atoms with Crippen LogP contribution in [0.4, 0.5) is 17.6 Å². The van der Waals surface area contributed by atoms with Gasteiger partial charge in [-0.3, -0.25) is 0 Å². The van der Waals surface area contributed by atoms with Crippen molar-refractivity contribution in [2.24, 2.45) is 5.73 Å². The van der Waals surface area contributed by atoms with Crippen molar-refractivity contribution >= 4 is 0 Å². The summed E-state index contributed by atoms with van der Waals surface area (Å²) in [6.45, 7) is 1.73. The van der Waals surface area contributed by atoms with Gasteiger partial charge in [-0.2, -0.15) is 13.2 Å². The van der Waals surface area contributed by atoms with Crippen LogP contribution in [0.1, 0.15) is 24.5 Å². The van der Waals surface area contributed by atoms with Crippen molar-refractivity contribution in [1.82, 2.24) is 0 Å². The minimum Gasteiger partial charge on any atom is -0.328 e. The van der Waals surface area contributed by atoms with Gasteiger partial charge in [-0.25, -0.2) is 4.39 Å². The molecule has 0 radical (unpaired) electrons. The van der Waals surface area contributed by atoms with E-state index in [1.807, 2.05) is 0 Å². The molecule has 0 aliphatic heterocycles. The molecule has 0 saturated carbocycles. The maximum Gasteiger partial charge on any atom is 0.416 e. The van der Waals surface area contributed by atoms with E-state index in [-0.39, 0.29) is 18.0 Å². The molecular weight excluding hydrogens is 222 g/mol. The molecule has 0 aliphatic rings. The predicted octanol–water partition coefficient (Wildman–Crippen LogP) is 3.12. The lowest BCUT2D eigenvalue weighted by molar-refractivity contribution is -0.137. The Morgan fingerprint density at radius 2 is 1.94 bits per heavy atom. The minimum atomic E-state index is -4.43. The number of benzene rings is 1. The second-order valence-corrected chi connectivity index (χ2v) is 3.82. The molecule has 1 nitrogen and oxygen atoms in total. The highest BCUT2D eigenvalue weighted by atomic mass is 19.4. The highest BCUT2D eigenvalue weighted by Gasteiger charge is 2.30. The lowest BCUT2D eigenvalue weighted by Gasteiger charge is -2.10. The molecule has 0 amide bonds. The Hall–Kier alpha value is -1.10. The first-order valence-corrected chi connectivity index (χ1v) is 4.92. The number of nitrogens with two attached hydrogens (primary N) is 1. The fraction of sp³-hybridized carbons (Fsp3) is 0.455. The number of hydrogen-bond acceptors (Lipinski definition) is 1. The summed E-state index contributed by atoms with van der Waals surface area (Å²) in [6, 6.07) is 2.27. The van der Waals surface area contributed by atoms with E-state index in [0.29, 0.717) is 6.42 Å². The molecule has 0 bridgehead atoms. The van der Waals surface area contributed by atoms with E-state index >= 15 is 0 Å². The van der Waals surface area contributed by atoms with Gasteiger partial charge in [0, 0.05) is 6.04 Å². The summed E-state index contributed by atoms with van der Waals surface area (Å²) in [6.07, 6.45) is -3.76. The molecule has 0 saturated heterocycles. The molecule has 0 aliphatic carbocycles. The van der Waals surface area contributed by atoms with Gasteiger partial charge < -0.3 is 5.73 Å². The number of halogens is 4. The lowest BCUT2D eigenvalue weighted by Crippen LogP contribution is -2.16. The molecule has 1 aromatic carbocycles. The fourth-order valence-corrected chi connectivity index (χ4v) is 1.33. The third-order valence-electron chi connectivity index (χ3n) is 2.24. The molecule has 2 N–H and O–H groups in total. The average Bonchev–Trinajstić information content (AvgIpc) is 2.14. The number of rotatable bonds is 3. The molecule has 90 valence electrons. The Labute approximate surface area is 91.3 Å². The van der Waals surface area contributed by atoms with Gasteiger partial charge in [-0.05, 0) is 43.5 Å². The Morgan fingerprint density at radius 3 is 2.44 bits per heavy atom. The van der Waals surface area contributed by atoms with E-state index in [1.165, 1.54) is 0 Å². The predicted molar refractivity (Wildman–Crippen MR) is 53.4 cm³/mol. The molecule has 5 heteroatoms. The van der Waals surface area contributed by atoms with Gasteiger partial charge in [0.1, 0.15) is 5.82 Å². The van der Waals surface area contributed by atoms with Crippen LogP contribution < -0.4 is 5.73 Å². The summed E-state index contributed by atoms with van der Waals surface area (Å²) in [7, 11) is 0. The van der Waals surface area contributed by atoms with Gasteiger partial charge in [-0.15, -0.1) is 0 Å². The van der Waals surface area contributed by atoms with Gasteiger partial charge in [0.05, 0.1) is 5.56 Å². The zero-order valence-electron chi connectivity index (χ0n) is 8.81. The third kappa shape index (κ3) is 3.48. The molecule has 1 rings (SSSR count). The van der Waals surface area contributed by atoms with Crippen molar-refractivity contribution in [3.63, 3.8) is 0 Å². The Balaban J connectivity index is 2.91. The highest BCUT2D eigenvalue weighted by molar-refractivity contribution is 5.27. The third-order valence-corrected chi connectivity index (χ3v) is 2.24. The van der Waals surface area contributed by atoms with Crippen LogP contribution in [0.3, 0.4) is 0 Å². The van der Waals surface area contributed by atoms with Crippen LogP contribution in [0.5, 0.6) is 0 Å². The second kappa shape index (κ2) is 4.82. The molecular formula is C11H13F4N. The standard InChI is InChI=1S/C11H13F4N/c1-7(16)2-3-8-6-9(11(13,14)15)4-5-10(8)12/h4-7H,2-3,16H2,1H3/t7-/m0/s1. The van der Waals surface area contributed by atoms with Gasteiger partial charge in [0.15, 0.2) is 0 Å². The largest absolute Gasteiger partial charge is 0.416 e. The van der Waals surface area contributed by atoms with Crippen LogP contribution >= 0.6 is 0 Å². The summed E-state index contributed by atoms with van der Waals surface area (Å²) < 4.78 is 50.3. The van der Waals surface area contributed by atoms with E-state index in [9.17, 15) is 17.6 Å². The van der Waals surface area contributed by atoms with E-state index in [1.54, 1.807) is 6.92 Å². The molecule has 1 atom stereocenters. The molecule has 0 unspecified atom stereocenters. The van der Waals surface area contributed by atoms with Crippen molar-refractivity contribution in [2.75, 3.05) is 0 Å². The van der Waals surface area contributed by atoms with Crippen molar-refractivity contribution in [3.8, 4) is 0 Å². The summed E-state index contributed by atoms with van der Waals surface area (Å²) in [5.74, 6) is -0.617. The summed E-state index contributed by atoms with van der Waals surface area (Å²) in [4.78, 5) is 0. The van der Waals surface area contributed by atoms with Crippen LogP contribution in [0.25, 0.3) is 0 Å². The van der Waals surface area contributed by atoms with Crippen molar-refractivity contribution in [2.45, 2.75) is 32.0 Å². The monoisotopic (exact) mass is 235 g/mol. The van der Waals surface area contributed by atoms with Gasteiger partial charge in [-0.1, -0.05) is 0 Å². The molecule has 0 aromatic heterocycles. The summed E-state index contributed by atoms with van der Waals surface area (Å²) in [5.41, 5.74) is 4.71. The normalized spacial score (nSPS) is 13.9.